The van der Waals surface area contributed by atoms with Crippen LogP contribution in [0, 0.1) is 24.2 Å². The second-order valence-corrected chi connectivity index (χ2v) is 4.82. The van der Waals surface area contributed by atoms with Crippen molar-refractivity contribution < 1.29 is 4.42 Å². The molecule has 0 spiro atoms. The number of oxazole rings is 1. The Hall–Kier alpha value is -1.34. The van der Waals surface area contributed by atoms with Crippen LogP contribution in [0.1, 0.15) is 50.3 Å². The maximum Gasteiger partial charge on any atom is 0.211 e. The first-order chi connectivity index (χ1) is 8.20. The lowest BCUT2D eigenvalue weighted by Gasteiger charge is -2.29. The molecule has 1 saturated carbocycles. The SMILES string of the molecule is Cc1cnc(C(C)NC2CCCCC2C#N)o1. The lowest BCUT2D eigenvalue weighted by atomic mass is 9.85. The number of aryl methyl sites for hydroxylation is 1. The van der Waals surface area contributed by atoms with Crippen molar-refractivity contribution in [1.29, 1.82) is 5.26 Å². The summed E-state index contributed by atoms with van der Waals surface area (Å²) in [7, 11) is 0. The molecule has 1 N–H and O–H groups in total. The Bertz CT molecular complexity index is 407. The zero-order chi connectivity index (χ0) is 12.3. The molecule has 0 saturated heterocycles. The van der Waals surface area contributed by atoms with Crippen molar-refractivity contribution in [3.63, 3.8) is 0 Å². The Morgan fingerprint density at radius 3 is 2.94 bits per heavy atom. The molecule has 0 bridgehead atoms. The van der Waals surface area contributed by atoms with Crippen LogP contribution in [0.3, 0.4) is 0 Å². The highest BCUT2D eigenvalue weighted by Gasteiger charge is 2.27. The fraction of sp³-hybridized carbons (Fsp3) is 0.692. The van der Waals surface area contributed by atoms with Gasteiger partial charge in [-0.25, -0.2) is 4.98 Å². The Labute approximate surface area is 102 Å². The van der Waals surface area contributed by atoms with Crippen molar-refractivity contribution in [2.75, 3.05) is 0 Å². The molecule has 4 nitrogen and oxygen atoms in total. The van der Waals surface area contributed by atoms with E-state index in [1.165, 1.54) is 12.8 Å². The van der Waals surface area contributed by atoms with Gasteiger partial charge in [0.25, 0.3) is 0 Å². The predicted molar refractivity (Wildman–Crippen MR) is 64.1 cm³/mol. The van der Waals surface area contributed by atoms with Crippen LogP contribution in [0.15, 0.2) is 10.6 Å². The number of aromatic nitrogens is 1. The highest BCUT2D eigenvalue weighted by Crippen LogP contribution is 2.26. The molecule has 0 amide bonds. The highest BCUT2D eigenvalue weighted by molar-refractivity contribution is 4.99. The number of rotatable bonds is 3. The summed E-state index contributed by atoms with van der Waals surface area (Å²) in [5.74, 6) is 1.67. The third kappa shape index (κ3) is 2.86. The number of hydrogen-bond donors (Lipinski definition) is 1. The fourth-order valence-electron chi connectivity index (χ4n) is 2.45. The van der Waals surface area contributed by atoms with Crippen LogP contribution < -0.4 is 5.32 Å². The number of nitrogens with one attached hydrogen (secondary N) is 1. The van der Waals surface area contributed by atoms with E-state index in [0.29, 0.717) is 5.89 Å². The minimum Gasteiger partial charge on any atom is -0.444 e. The first-order valence-electron chi connectivity index (χ1n) is 6.28. The molecular formula is C13H19N3O. The fourth-order valence-corrected chi connectivity index (χ4v) is 2.45. The smallest absolute Gasteiger partial charge is 0.211 e. The van der Waals surface area contributed by atoms with E-state index >= 15 is 0 Å². The highest BCUT2D eigenvalue weighted by atomic mass is 16.4. The van der Waals surface area contributed by atoms with Crippen molar-refractivity contribution in [2.45, 2.75) is 51.6 Å². The van der Waals surface area contributed by atoms with Gasteiger partial charge in [0.2, 0.25) is 5.89 Å². The van der Waals surface area contributed by atoms with Crippen molar-refractivity contribution in [1.82, 2.24) is 10.3 Å². The van der Waals surface area contributed by atoms with Crippen LogP contribution in [0.4, 0.5) is 0 Å². The van der Waals surface area contributed by atoms with Crippen LogP contribution in [-0.2, 0) is 0 Å². The van der Waals surface area contributed by atoms with Crippen molar-refractivity contribution >= 4 is 0 Å². The van der Waals surface area contributed by atoms with Crippen LogP contribution in [0.25, 0.3) is 0 Å². The van der Waals surface area contributed by atoms with Gasteiger partial charge in [-0.15, -0.1) is 0 Å². The van der Waals surface area contributed by atoms with Crippen molar-refractivity contribution in [3.8, 4) is 6.07 Å². The average molecular weight is 233 g/mol. The summed E-state index contributed by atoms with van der Waals surface area (Å²) in [5.41, 5.74) is 0. The van der Waals surface area contributed by atoms with Crippen LogP contribution in [-0.4, -0.2) is 11.0 Å². The summed E-state index contributed by atoms with van der Waals surface area (Å²) in [6.45, 7) is 3.93. The molecule has 0 aliphatic heterocycles. The molecule has 0 aromatic carbocycles. The zero-order valence-electron chi connectivity index (χ0n) is 10.4. The Kier molecular flexibility index (Phi) is 3.80. The van der Waals surface area contributed by atoms with Gasteiger partial charge in [0.15, 0.2) is 0 Å². The summed E-state index contributed by atoms with van der Waals surface area (Å²) in [6, 6.07) is 2.75. The summed E-state index contributed by atoms with van der Waals surface area (Å²) in [6.07, 6.45) is 6.18. The van der Waals surface area contributed by atoms with Gasteiger partial charge in [-0.3, -0.25) is 0 Å². The van der Waals surface area contributed by atoms with E-state index in [0.717, 1.165) is 18.6 Å². The average Bonchev–Trinajstić information content (AvgIpc) is 2.77. The van der Waals surface area contributed by atoms with Crippen LogP contribution in [0.2, 0.25) is 0 Å². The van der Waals surface area contributed by atoms with Crippen molar-refractivity contribution in [2.24, 2.45) is 5.92 Å². The second kappa shape index (κ2) is 5.33. The van der Waals surface area contributed by atoms with Gasteiger partial charge in [0, 0.05) is 6.04 Å². The molecule has 1 heterocycles. The molecule has 17 heavy (non-hydrogen) atoms. The summed E-state index contributed by atoms with van der Waals surface area (Å²) >= 11 is 0. The first kappa shape index (κ1) is 12.1. The summed E-state index contributed by atoms with van der Waals surface area (Å²) < 4.78 is 5.50. The molecule has 1 fully saturated rings. The molecule has 1 aliphatic carbocycles. The van der Waals surface area contributed by atoms with Gasteiger partial charge in [0.05, 0.1) is 24.2 Å². The first-order valence-corrected chi connectivity index (χ1v) is 6.28. The van der Waals surface area contributed by atoms with Gasteiger partial charge >= 0.3 is 0 Å². The topological polar surface area (TPSA) is 61.9 Å². The maximum atomic E-state index is 9.12. The van der Waals surface area contributed by atoms with Gasteiger partial charge in [-0.2, -0.15) is 5.26 Å². The predicted octanol–water partition coefficient (Wildman–Crippen LogP) is 2.72. The quantitative estimate of drug-likeness (QED) is 0.872. The van der Waals surface area contributed by atoms with E-state index in [-0.39, 0.29) is 18.0 Å². The molecule has 92 valence electrons. The molecule has 3 unspecified atom stereocenters. The van der Waals surface area contributed by atoms with E-state index in [1.54, 1.807) is 6.20 Å². The van der Waals surface area contributed by atoms with Gasteiger partial charge in [-0.1, -0.05) is 12.8 Å². The van der Waals surface area contributed by atoms with Crippen LogP contribution in [0.5, 0.6) is 0 Å². The molecule has 0 radical (unpaired) electrons. The number of nitriles is 1. The van der Waals surface area contributed by atoms with Gasteiger partial charge in [-0.05, 0) is 26.7 Å². The number of nitrogens with zero attached hydrogens (tertiary/aromatic N) is 2. The molecular weight excluding hydrogens is 214 g/mol. The van der Waals surface area contributed by atoms with Gasteiger partial charge in [0.1, 0.15) is 5.76 Å². The Balaban J connectivity index is 1.97. The third-order valence-corrected chi connectivity index (χ3v) is 3.41. The zero-order valence-corrected chi connectivity index (χ0v) is 10.4. The second-order valence-electron chi connectivity index (χ2n) is 4.82. The summed E-state index contributed by atoms with van der Waals surface area (Å²) in [5, 5.41) is 12.6. The maximum absolute atomic E-state index is 9.12. The summed E-state index contributed by atoms with van der Waals surface area (Å²) in [4.78, 5) is 4.22. The molecule has 2 rings (SSSR count). The van der Waals surface area contributed by atoms with E-state index < -0.39 is 0 Å². The minimum atomic E-state index is 0.0719. The molecule has 1 aliphatic rings. The Morgan fingerprint density at radius 1 is 1.53 bits per heavy atom. The van der Waals surface area contributed by atoms with E-state index in [4.69, 9.17) is 9.68 Å². The Morgan fingerprint density at radius 2 is 2.29 bits per heavy atom. The standard InChI is InChI=1S/C13H19N3O/c1-9-8-15-13(17-9)10(2)16-12-6-4-3-5-11(12)7-14/h8,10-12,16H,3-6H2,1-2H3. The largest absolute Gasteiger partial charge is 0.444 e. The monoisotopic (exact) mass is 233 g/mol. The van der Waals surface area contributed by atoms with Crippen molar-refractivity contribution in [3.05, 3.63) is 17.8 Å². The van der Waals surface area contributed by atoms with E-state index in [2.05, 4.69) is 16.4 Å². The minimum absolute atomic E-state index is 0.0719. The molecule has 1 aromatic heterocycles. The molecule has 1 aromatic rings. The molecule has 3 atom stereocenters. The molecule has 4 heteroatoms. The van der Waals surface area contributed by atoms with Gasteiger partial charge < -0.3 is 9.73 Å². The lowest BCUT2D eigenvalue weighted by molar-refractivity contribution is 0.273. The normalized spacial score (nSPS) is 26.4. The van der Waals surface area contributed by atoms with E-state index in [1.807, 2.05) is 13.8 Å². The number of hydrogen-bond acceptors (Lipinski definition) is 4. The lowest BCUT2D eigenvalue weighted by Crippen LogP contribution is -2.39. The van der Waals surface area contributed by atoms with E-state index in [9.17, 15) is 0 Å². The van der Waals surface area contributed by atoms with Crippen LogP contribution >= 0.6 is 0 Å². The third-order valence-electron chi connectivity index (χ3n) is 3.41.